The van der Waals surface area contributed by atoms with Crippen LogP contribution in [0.2, 0.25) is 5.02 Å². The van der Waals surface area contributed by atoms with Crippen molar-refractivity contribution >= 4 is 11.6 Å². The fourth-order valence-electron chi connectivity index (χ4n) is 2.08. The van der Waals surface area contributed by atoms with Crippen LogP contribution in [-0.4, -0.2) is 15.0 Å². The molecule has 0 aliphatic rings. The zero-order valence-corrected chi connectivity index (χ0v) is 12.1. The molecule has 3 aromatic rings. The fourth-order valence-corrected chi connectivity index (χ4v) is 2.29. The van der Waals surface area contributed by atoms with Crippen LogP contribution in [0.5, 0.6) is 0 Å². The minimum Gasteiger partial charge on any atom is -0.305 e. The number of nitrogens with one attached hydrogen (secondary N) is 1. The van der Waals surface area contributed by atoms with Crippen molar-refractivity contribution in [2.75, 3.05) is 0 Å². The summed E-state index contributed by atoms with van der Waals surface area (Å²) in [4.78, 5) is 23.6. The van der Waals surface area contributed by atoms with Crippen LogP contribution in [0, 0.1) is 6.92 Å². The van der Waals surface area contributed by atoms with Crippen molar-refractivity contribution in [3.8, 4) is 22.8 Å². The number of nitrogens with zero attached hydrogens (tertiary/aromatic N) is 2. The molecular formula is C16H12ClN3O. The van der Waals surface area contributed by atoms with Crippen LogP contribution in [0.15, 0.2) is 53.5 Å². The summed E-state index contributed by atoms with van der Waals surface area (Å²) in [7, 11) is 0. The van der Waals surface area contributed by atoms with E-state index in [1.807, 2.05) is 30.3 Å². The summed E-state index contributed by atoms with van der Waals surface area (Å²) in [6.45, 7) is 1.75. The molecule has 0 unspecified atom stereocenters. The van der Waals surface area contributed by atoms with Gasteiger partial charge in [0.2, 0.25) is 0 Å². The van der Waals surface area contributed by atoms with E-state index < -0.39 is 0 Å². The summed E-state index contributed by atoms with van der Waals surface area (Å²) >= 11 is 6.12. The molecule has 4 nitrogen and oxygen atoms in total. The standard InChI is InChI=1S/C16H12ClN3O/c1-10-13(11-6-3-2-4-7-11)19-15(20-16(10)21)14-12(17)8-5-9-18-14/h2-9H,1H3,(H,19,20,21). The number of benzene rings is 1. The first kappa shape index (κ1) is 13.5. The molecule has 0 aliphatic carbocycles. The van der Waals surface area contributed by atoms with Crippen molar-refractivity contribution < 1.29 is 0 Å². The monoisotopic (exact) mass is 297 g/mol. The Balaban J connectivity index is 2.24. The average molecular weight is 298 g/mol. The average Bonchev–Trinajstić information content (AvgIpc) is 2.51. The highest BCUT2D eigenvalue weighted by Crippen LogP contribution is 2.24. The lowest BCUT2D eigenvalue weighted by atomic mass is 10.1. The van der Waals surface area contributed by atoms with Gasteiger partial charge in [-0.15, -0.1) is 0 Å². The molecule has 104 valence electrons. The van der Waals surface area contributed by atoms with Crippen LogP contribution < -0.4 is 5.56 Å². The van der Waals surface area contributed by atoms with Gasteiger partial charge in [0.05, 0.1) is 10.7 Å². The van der Waals surface area contributed by atoms with E-state index >= 15 is 0 Å². The lowest BCUT2D eigenvalue weighted by molar-refractivity contribution is 1.07. The molecule has 0 saturated heterocycles. The van der Waals surface area contributed by atoms with Gasteiger partial charge in [-0.2, -0.15) is 0 Å². The van der Waals surface area contributed by atoms with Crippen LogP contribution in [-0.2, 0) is 0 Å². The maximum absolute atomic E-state index is 12.2. The highest BCUT2D eigenvalue weighted by Gasteiger charge is 2.13. The van der Waals surface area contributed by atoms with Gasteiger partial charge >= 0.3 is 0 Å². The van der Waals surface area contributed by atoms with E-state index in [2.05, 4.69) is 15.0 Å². The second kappa shape index (κ2) is 5.50. The lowest BCUT2D eigenvalue weighted by Gasteiger charge is -2.08. The maximum atomic E-state index is 12.2. The van der Waals surface area contributed by atoms with Gasteiger partial charge in [0.25, 0.3) is 5.56 Å². The smallest absolute Gasteiger partial charge is 0.254 e. The molecule has 5 heteroatoms. The molecule has 0 radical (unpaired) electrons. The largest absolute Gasteiger partial charge is 0.305 e. The predicted octanol–water partition coefficient (Wildman–Crippen LogP) is 3.46. The van der Waals surface area contributed by atoms with Gasteiger partial charge in [-0.05, 0) is 19.1 Å². The number of aromatic nitrogens is 3. The number of H-pyrrole nitrogens is 1. The van der Waals surface area contributed by atoms with E-state index in [-0.39, 0.29) is 5.56 Å². The summed E-state index contributed by atoms with van der Waals surface area (Å²) in [5, 5.41) is 0.448. The number of aromatic amines is 1. The van der Waals surface area contributed by atoms with E-state index in [9.17, 15) is 4.79 Å². The van der Waals surface area contributed by atoms with Gasteiger partial charge in [0, 0.05) is 17.3 Å². The van der Waals surface area contributed by atoms with Crippen molar-refractivity contribution in [2.24, 2.45) is 0 Å². The van der Waals surface area contributed by atoms with E-state index in [0.717, 1.165) is 5.56 Å². The lowest BCUT2D eigenvalue weighted by Crippen LogP contribution is -2.14. The van der Waals surface area contributed by atoms with Crippen LogP contribution in [0.3, 0.4) is 0 Å². The molecule has 1 aromatic carbocycles. The quantitative estimate of drug-likeness (QED) is 0.788. The summed E-state index contributed by atoms with van der Waals surface area (Å²) < 4.78 is 0. The molecule has 0 bridgehead atoms. The molecule has 0 atom stereocenters. The van der Waals surface area contributed by atoms with Crippen molar-refractivity contribution in [1.82, 2.24) is 15.0 Å². The molecule has 2 aromatic heterocycles. The third kappa shape index (κ3) is 2.58. The normalized spacial score (nSPS) is 10.6. The minimum absolute atomic E-state index is 0.194. The zero-order chi connectivity index (χ0) is 14.8. The van der Waals surface area contributed by atoms with Crippen molar-refractivity contribution in [2.45, 2.75) is 6.92 Å². The second-order valence-corrected chi connectivity index (χ2v) is 5.00. The first-order chi connectivity index (χ1) is 10.2. The second-order valence-electron chi connectivity index (χ2n) is 4.59. The molecule has 0 saturated carbocycles. The SMILES string of the molecule is Cc1c(-c2ccccc2)nc(-c2ncccc2Cl)[nH]c1=O. The van der Waals surface area contributed by atoms with Gasteiger partial charge < -0.3 is 4.98 Å². The number of hydrogen-bond donors (Lipinski definition) is 1. The third-order valence-electron chi connectivity index (χ3n) is 3.18. The van der Waals surface area contributed by atoms with E-state index in [0.29, 0.717) is 27.8 Å². The van der Waals surface area contributed by atoms with E-state index in [4.69, 9.17) is 11.6 Å². The number of pyridine rings is 1. The minimum atomic E-state index is -0.194. The summed E-state index contributed by atoms with van der Waals surface area (Å²) in [6.07, 6.45) is 1.61. The van der Waals surface area contributed by atoms with E-state index in [1.54, 1.807) is 25.3 Å². The first-order valence-electron chi connectivity index (χ1n) is 6.44. The molecule has 1 N–H and O–H groups in total. The zero-order valence-electron chi connectivity index (χ0n) is 11.3. The summed E-state index contributed by atoms with van der Waals surface area (Å²) in [5.41, 5.74) is 2.36. The molecule has 0 spiro atoms. The summed E-state index contributed by atoms with van der Waals surface area (Å²) in [6, 6.07) is 13.0. The Morgan fingerprint density at radius 2 is 1.81 bits per heavy atom. The van der Waals surface area contributed by atoms with Gasteiger partial charge in [-0.1, -0.05) is 41.9 Å². The molecule has 0 aliphatic heterocycles. The van der Waals surface area contributed by atoms with Gasteiger partial charge in [0.1, 0.15) is 5.69 Å². The molecule has 0 amide bonds. The number of hydrogen-bond acceptors (Lipinski definition) is 3. The van der Waals surface area contributed by atoms with Crippen LogP contribution in [0.25, 0.3) is 22.8 Å². The molecule has 21 heavy (non-hydrogen) atoms. The Bertz CT molecular complexity index is 844. The highest BCUT2D eigenvalue weighted by atomic mass is 35.5. The Hall–Kier alpha value is -2.46. The Morgan fingerprint density at radius 1 is 1.05 bits per heavy atom. The predicted molar refractivity (Wildman–Crippen MR) is 83.3 cm³/mol. The molecule has 2 heterocycles. The van der Waals surface area contributed by atoms with Crippen LogP contribution in [0.1, 0.15) is 5.56 Å². The van der Waals surface area contributed by atoms with Crippen molar-refractivity contribution in [3.05, 3.63) is 69.6 Å². The van der Waals surface area contributed by atoms with Gasteiger partial charge in [-0.3, -0.25) is 9.78 Å². The molecular weight excluding hydrogens is 286 g/mol. The van der Waals surface area contributed by atoms with E-state index in [1.165, 1.54) is 0 Å². The van der Waals surface area contributed by atoms with Crippen LogP contribution >= 0.6 is 11.6 Å². The Labute approximate surface area is 126 Å². The summed E-state index contributed by atoms with van der Waals surface area (Å²) in [5.74, 6) is 0.370. The topological polar surface area (TPSA) is 58.6 Å². The number of rotatable bonds is 2. The maximum Gasteiger partial charge on any atom is 0.254 e. The van der Waals surface area contributed by atoms with Gasteiger partial charge in [0.15, 0.2) is 5.82 Å². The Morgan fingerprint density at radius 3 is 2.52 bits per heavy atom. The molecule has 3 rings (SSSR count). The van der Waals surface area contributed by atoms with Crippen LogP contribution in [0.4, 0.5) is 0 Å². The third-order valence-corrected chi connectivity index (χ3v) is 3.49. The molecule has 0 fully saturated rings. The van der Waals surface area contributed by atoms with Gasteiger partial charge in [-0.25, -0.2) is 4.98 Å². The van der Waals surface area contributed by atoms with Crippen molar-refractivity contribution in [1.29, 1.82) is 0 Å². The fraction of sp³-hybridized carbons (Fsp3) is 0.0625. The van der Waals surface area contributed by atoms with Crippen molar-refractivity contribution in [3.63, 3.8) is 0 Å². The number of halogens is 1. The Kier molecular flexibility index (Phi) is 3.54. The first-order valence-corrected chi connectivity index (χ1v) is 6.82. The highest BCUT2D eigenvalue weighted by molar-refractivity contribution is 6.32.